The lowest BCUT2D eigenvalue weighted by molar-refractivity contribution is -0.0499. The van der Waals surface area contributed by atoms with Gasteiger partial charge >= 0.3 is 6.61 Å². The molecule has 0 fully saturated rings. The highest BCUT2D eigenvalue weighted by Gasteiger charge is 2.09. The molecule has 0 saturated heterocycles. The lowest BCUT2D eigenvalue weighted by Gasteiger charge is -2.13. The minimum atomic E-state index is -2.82. The van der Waals surface area contributed by atoms with Crippen LogP contribution in [0.15, 0.2) is 24.3 Å². The topological polar surface area (TPSA) is 44.5 Å². The number of nitrogens with two attached hydrogens (primary N) is 1. The molecule has 1 rings (SSSR count). The molecule has 0 radical (unpaired) electrons. The summed E-state index contributed by atoms with van der Waals surface area (Å²) in [6.07, 6.45) is 0. The largest absolute Gasteiger partial charge is 0.435 e. The van der Waals surface area contributed by atoms with Gasteiger partial charge in [-0.1, -0.05) is 12.1 Å². The molecule has 0 amide bonds. The van der Waals surface area contributed by atoms with Gasteiger partial charge in [-0.3, -0.25) is 0 Å². The van der Waals surface area contributed by atoms with E-state index in [0.717, 1.165) is 0 Å². The number of halogens is 2. The first-order valence-corrected chi connectivity index (χ1v) is 5.01. The highest BCUT2D eigenvalue weighted by molar-refractivity contribution is 5.30. The van der Waals surface area contributed by atoms with Gasteiger partial charge in [0, 0.05) is 6.61 Å². The fourth-order valence-corrected chi connectivity index (χ4v) is 1.26. The van der Waals surface area contributed by atoms with Gasteiger partial charge in [-0.15, -0.1) is 0 Å². The smallest absolute Gasteiger partial charge is 0.387 e. The summed E-state index contributed by atoms with van der Waals surface area (Å²) in [7, 11) is 0. The van der Waals surface area contributed by atoms with Crippen molar-refractivity contribution >= 4 is 0 Å². The van der Waals surface area contributed by atoms with Gasteiger partial charge in [0.05, 0.1) is 12.6 Å². The molecule has 1 aromatic carbocycles. The molecule has 2 N–H and O–H groups in total. The molecular weight excluding hydrogens is 216 g/mol. The summed E-state index contributed by atoms with van der Waals surface area (Å²) in [5.74, 6) is 0.111. The molecule has 0 heterocycles. The van der Waals surface area contributed by atoms with E-state index in [1.807, 2.05) is 6.92 Å². The van der Waals surface area contributed by atoms with E-state index >= 15 is 0 Å². The van der Waals surface area contributed by atoms with Crippen molar-refractivity contribution in [1.29, 1.82) is 0 Å². The van der Waals surface area contributed by atoms with Crippen molar-refractivity contribution in [2.75, 3.05) is 13.2 Å². The summed E-state index contributed by atoms with van der Waals surface area (Å²) in [5.41, 5.74) is 6.53. The molecule has 0 aromatic heterocycles. The maximum atomic E-state index is 12.0. The quantitative estimate of drug-likeness (QED) is 0.817. The predicted molar refractivity (Wildman–Crippen MR) is 56.5 cm³/mol. The number of hydrogen-bond donors (Lipinski definition) is 1. The first kappa shape index (κ1) is 12.9. The lowest BCUT2D eigenvalue weighted by Crippen LogP contribution is -2.17. The maximum Gasteiger partial charge on any atom is 0.387 e. The van der Waals surface area contributed by atoms with Gasteiger partial charge in [0.2, 0.25) is 0 Å². The van der Waals surface area contributed by atoms with Crippen LogP contribution < -0.4 is 10.5 Å². The van der Waals surface area contributed by atoms with Crippen LogP contribution >= 0.6 is 0 Å². The van der Waals surface area contributed by atoms with Crippen LogP contribution in [0.25, 0.3) is 0 Å². The summed E-state index contributed by atoms with van der Waals surface area (Å²) < 4.78 is 33.4. The molecule has 0 aliphatic heterocycles. The van der Waals surface area contributed by atoms with E-state index in [4.69, 9.17) is 10.5 Å². The Bertz CT molecular complexity index is 321. The first-order chi connectivity index (χ1) is 7.63. The Labute approximate surface area is 93.2 Å². The van der Waals surface area contributed by atoms with Gasteiger partial charge in [0.1, 0.15) is 5.75 Å². The van der Waals surface area contributed by atoms with E-state index in [1.54, 1.807) is 12.1 Å². The molecule has 90 valence electrons. The molecule has 1 atom stereocenters. The highest BCUT2D eigenvalue weighted by Crippen LogP contribution is 2.19. The van der Waals surface area contributed by atoms with Crippen LogP contribution in [0, 0.1) is 0 Å². The second-order valence-corrected chi connectivity index (χ2v) is 3.22. The number of hydrogen-bond acceptors (Lipinski definition) is 3. The van der Waals surface area contributed by atoms with Crippen LogP contribution in [0.3, 0.4) is 0 Å². The molecule has 0 aliphatic carbocycles. The Morgan fingerprint density at radius 2 is 2.12 bits per heavy atom. The Morgan fingerprint density at radius 3 is 2.75 bits per heavy atom. The summed E-state index contributed by atoms with van der Waals surface area (Å²) in [6.45, 7) is -0.0307. The van der Waals surface area contributed by atoms with Gasteiger partial charge in [-0.05, 0) is 24.6 Å². The standard InChI is InChI=1S/C11H15F2NO2/c1-2-15-7-10(14)8-4-3-5-9(6-8)16-11(12)13/h3-6,10-11H,2,7,14H2,1H3. The van der Waals surface area contributed by atoms with Crippen LogP contribution in [0.4, 0.5) is 8.78 Å². The normalized spacial score (nSPS) is 12.8. The fourth-order valence-electron chi connectivity index (χ4n) is 1.26. The molecule has 0 saturated carbocycles. The van der Waals surface area contributed by atoms with Gasteiger partial charge in [0.15, 0.2) is 0 Å². The second kappa shape index (κ2) is 6.40. The molecule has 1 unspecified atom stereocenters. The summed E-state index contributed by atoms with van der Waals surface area (Å²) >= 11 is 0. The summed E-state index contributed by atoms with van der Waals surface area (Å²) in [6, 6.07) is 6.00. The van der Waals surface area contributed by atoms with Crippen LogP contribution in [0.2, 0.25) is 0 Å². The van der Waals surface area contributed by atoms with Crippen LogP contribution in [0.5, 0.6) is 5.75 Å². The Balaban J connectivity index is 2.65. The average Bonchev–Trinajstić information content (AvgIpc) is 2.25. The molecule has 3 nitrogen and oxygen atoms in total. The fraction of sp³-hybridized carbons (Fsp3) is 0.455. The summed E-state index contributed by atoms with van der Waals surface area (Å²) in [4.78, 5) is 0. The van der Waals surface area contributed by atoms with Crippen molar-refractivity contribution in [2.24, 2.45) is 5.73 Å². The average molecular weight is 231 g/mol. The minimum absolute atomic E-state index is 0.111. The third-order valence-electron chi connectivity index (χ3n) is 2.01. The van der Waals surface area contributed by atoms with E-state index in [-0.39, 0.29) is 11.8 Å². The van der Waals surface area contributed by atoms with Crippen molar-refractivity contribution in [1.82, 2.24) is 0 Å². The van der Waals surface area contributed by atoms with Gasteiger partial charge < -0.3 is 15.2 Å². The Hall–Kier alpha value is -1.20. The van der Waals surface area contributed by atoms with E-state index in [9.17, 15) is 8.78 Å². The number of ether oxygens (including phenoxy) is 2. The monoisotopic (exact) mass is 231 g/mol. The molecule has 0 bridgehead atoms. The van der Waals surface area contributed by atoms with Crippen molar-refractivity contribution in [3.8, 4) is 5.75 Å². The van der Waals surface area contributed by atoms with E-state index in [0.29, 0.717) is 18.8 Å². The lowest BCUT2D eigenvalue weighted by atomic mass is 10.1. The van der Waals surface area contributed by atoms with Crippen LogP contribution in [-0.4, -0.2) is 19.8 Å². The molecular formula is C11H15F2NO2. The molecule has 0 spiro atoms. The minimum Gasteiger partial charge on any atom is -0.435 e. The predicted octanol–water partition coefficient (Wildman–Crippen LogP) is 2.32. The molecule has 5 heteroatoms. The van der Waals surface area contributed by atoms with Gasteiger partial charge in [-0.25, -0.2) is 0 Å². The number of benzene rings is 1. The molecule has 1 aromatic rings. The van der Waals surface area contributed by atoms with Crippen molar-refractivity contribution in [2.45, 2.75) is 19.6 Å². The van der Waals surface area contributed by atoms with Gasteiger partial charge in [0.25, 0.3) is 0 Å². The zero-order valence-corrected chi connectivity index (χ0v) is 9.03. The molecule has 0 aliphatic rings. The Kier molecular flexibility index (Phi) is 5.14. The third kappa shape index (κ3) is 4.12. The van der Waals surface area contributed by atoms with Crippen molar-refractivity contribution in [3.05, 3.63) is 29.8 Å². The molecule has 16 heavy (non-hydrogen) atoms. The maximum absolute atomic E-state index is 12.0. The Morgan fingerprint density at radius 1 is 1.38 bits per heavy atom. The van der Waals surface area contributed by atoms with Gasteiger partial charge in [-0.2, -0.15) is 8.78 Å². The van der Waals surface area contributed by atoms with Crippen molar-refractivity contribution < 1.29 is 18.3 Å². The third-order valence-corrected chi connectivity index (χ3v) is 2.01. The van der Waals surface area contributed by atoms with Crippen LogP contribution in [0.1, 0.15) is 18.5 Å². The van der Waals surface area contributed by atoms with E-state index in [1.165, 1.54) is 12.1 Å². The van der Waals surface area contributed by atoms with E-state index in [2.05, 4.69) is 4.74 Å². The summed E-state index contributed by atoms with van der Waals surface area (Å²) in [5, 5.41) is 0. The van der Waals surface area contributed by atoms with Crippen molar-refractivity contribution in [3.63, 3.8) is 0 Å². The second-order valence-electron chi connectivity index (χ2n) is 3.22. The first-order valence-electron chi connectivity index (χ1n) is 5.01. The van der Waals surface area contributed by atoms with Crippen LogP contribution in [-0.2, 0) is 4.74 Å². The zero-order chi connectivity index (χ0) is 12.0. The SMILES string of the molecule is CCOCC(N)c1cccc(OC(F)F)c1. The van der Waals surface area contributed by atoms with E-state index < -0.39 is 6.61 Å². The number of alkyl halides is 2. The zero-order valence-electron chi connectivity index (χ0n) is 9.03. The number of rotatable bonds is 6. The highest BCUT2D eigenvalue weighted by atomic mass is 19.3.